The largest absolute Gasteiger partial charge is 0.444 e. The van der Waals surface area contributed by atoms with E-state index in [1.807, 2.05) is 0 Å². The number of carbonyl (C=O) groups is 2. The number of nitrogens with one attached hydrogen (secondary N) is 1. The van der Waals surface area contributed by atoms with Crippen molar-refractivity contribution in [3.63, 3.8) is 0 Å². The highest BCUT2D eigenvalue weighted by Crippen LogP contribution is 2.05. The van der Waals surface area contributed by atoms with Crippen LogP contribution in [0.3, 0.4) is 0 Å². The second kappa shape index (κ2) is 5.21. The number of hydrogen-bond donors (Lipinski definition) is 1. The minimum Gasteiger partial charge on any atom is -0.444 e. The van der Waals surface area contributed by atoms with E-state index in [9.17, 15) is 9.59 Å². The highest BCUT2D eigenvalue weighted by atomic mass is 79.9. The highest BCUT2D eigenvalue weighted by Gasteiger charge is 2.16. The molecule has 0 spiro atoms. The zero-order chi connectivity index (χ0) is 10.5. The van der Waals surface area contributed by atoms with Crippen LogP contribution in [0.2, 0.25) is 0 Å². The molecule has 76 valence electrons. The van der Waals surface area contributed by atoms with Gasteiger partial charge in [-0.2, -0.15) is 0 Å². The van der Waals surface area contributed by atoms with Crippen molar-refractivity contribution in [2.45, 2.75) is 26.4 Å². The molecule has 0 aromatic carbocycles. The van der Waals surface area contributed by atoms with E-state index in [0.29, 0.717) is 0 Å². The second-order valence-electron chi connectivity index (χ2n) is 3.53. The molecule has 0 bridgehead atoms. The summed E-state index contributed by atoms with van der Waals surface area (Å²) in [6, 6.07) is 0. The van der Waals surface area contributed by atoms with E-state index in [4.69, 9.17) is 4.74 Å². The van der Waals surface area contributed by atoms with Gasteiger partial charge in [-0.3, -0.25) is 4.79 Å². The van der Waals surface area contributed by atoms with Crippen LogP contribution in [0.25, 0.3) is 0 Å². The molecule has 0 aliphatic rings. The van der Waals surface area contributed by atoms with Gasteiger partial charge in [-0.15, -0.1) is 0 Å². The van der Waals surface area contributed by atoms with Crippen molar-refractivity contribution >= 4 is 27.8 Å². The molecule has 0 saturated heterocycles. The van der Waals surface area contributed by atoms with Crippen molar-refractivity contribution in [2.75, 3.05) is 11.9 Å². The van der Waals surface area contributed by atoms with E-state index in [1.165, 1.54) is 0 Å². The van der Waals surface area contributed by atoms with Crippen LogP contribution in [0.1, 0.15) is 20.8 Å². The Morgan fingerprint density at radius 3 is 2.31 bits per heavy atom. The SMILES string of the molecule is CC(C)(C)OC(=O)NCC(=O)CBr. The lowest BCUT2D eigenvalue weighted by atomic mass is 10.2. The van der Waals surface area contributed by atoms with Crippen molar-refractivity contribution in [2.24, 2.45) is 0 Å². The van der Waals surface area contributed by atoms with Crippen LogP contribution in [0, 0.1) is 0 Å². The van der Waals surface area contributed by atoms with Gasteiger partial charge in [0.05, 0.1) is 11.9 Å². The number of ether oxygens (including phenoxy) is 1. The molecule has 0 aromatic heterocycles. The van der Waals surface area contributed by atoms with E-state index in [-0.39, 0.29) is 17.7 Å². The Bertz CT molecular complexity index is 198. The van der Waals surface area contributed by atoms with Crippen LogP contribution in [-0.4, -0.2) is 29.4 Å². The third-order valence-electron chi connectivity index (χ3n) is 0.978. The molecule has 0 radical (unpaired) electrons. The Kier molecular flexibility index (Phi) is 4.98. The predicted molar refractivity (Wildman–Crippen MR) is 53.0 cm³/mol. The van der Waals surface area contributed by atoms with Gasteiger partial charge in [0, 0.05) is 0 Å². The molecule has 4 nitrogen and oxygen atoms in total. The Morgan fingerprint density at radius 1 is 1.38 bits per heavy atom. The Balaban J connectivity index is 3.71. The van der Waals surface area contributed by atoms with Crippen LogP contribution >= 0.6 is 15.9 Å². The molecule has 0 unspecified atom stereocenters. The molecule has 0 atom stereocenters. The van der Waals surface area contributed by atoms with Crippen molar-refractivity contribution in [1.29, 1.82) is 0 Å². The van der Waals surface area contributed by atoms with Crippen molar-refractivity contribution in [3.8, 4) is 0 Å². The fourth-order valence-electron chi connectivity index (χ4n) is 0.532. The van der Waals surface area contributed by atoms with Gasteiger partial charge >= 0.3 is 6.09 Å². The van der Waals surface area contributed by atoms with E-state index in [2.05, 4.69) is 21.2 Å². The summed E-state index contributed by atoms with van der Waals surface area (Å²) in [6.07, 6.45) is -0.568. The van der Waals surface area contributed by atoms with Crippen molar-refractivity contribution in [1.82, 2.24) is 5.32 Å². The molecule has 0 aliphatic heterocycles. The molecule has 13 heavy (non-hydrogen) atoms. The topological polar surface area (TPSA) is 55.4 Å². The Hall–Kier alpha value is -0.580. The number of Topliss-reactive ketones (excluding diaryl/α,β-unsaturated/α-hetero) is 1. The first-order chi connectivity index (χ1) is 5.85. The van der Waals surface area contributed by atoms with Gasteiger partial charge in [0.15, 0.2) is 5.78 Å². The molecule has 0 rings (SSSR count). The summed E-state index contributed by atoms with van der Waals surface area (Å²) in [5, 5.41) is 2.59. The molecular weight excluding hydrogens is 238 g/mol. The number of rotatable bonds is 3. The lowest BCUT2D eigenvalue weighted by Crippen LogP contribution is -2.35. The fourth-order valence-corrected chi connectivity index (χ4v) is 0.730. The maximum atomic E-state index is 11.0. The first kappa shape index (κ1) is 12.4. The van der Waals surface area contributed by atoms with Crippen molar-refractivity contribution < 1.29 is 14.3 Å². The molecule has 0 aromatic rings. The molecule has 0 saturated carbocycles. The van der Waals surface area contributed by atoms with Gasteiger partial charge in [0.25, 0.3) is 0 Å². The fraction of sp³-hybridized carbons (Fsp3) is 0.750. The van der Waals surface area contributed by atoms with Crippen LogP contribution in [0.4, 0.5) is 4.79 Å². The number of amides is 1. The third kappa shape index (κ3) is 7.77. The number of alkyl halides is 1. The van der Waals surface area contributed by atoms with E-state index in [1.54, 1.807) is 20.8 Å². The maximum Gasteiger partial charge on any atom is 0.408 e. The zero-order valence-electron chi connectivity index (χ0n) is 8.02. The number of ketones is 1. The number of carbonyl (C=O) groups excluding carboxylic acids is 2. The number of hydrogen-bond acceptors (Lipinski definition) is 3. The van der Waals surface area contributed by atoms with E-state index < -0.39 is 11.7 Å². The average Bonchev–Trinajstić information content (AvgIpc) is 1.97. The molecule has 0 heterocycles. The maximum absolute atomic E-state index is 11.0. The summed E-state index contributed by atoms with van der Waals surface area (Å²) >= 11 is 2.98. The van der Waals surface area contributed by atoms with E-state index >= 15 is 0 Å². The highest BCUT2D eigenvalue weighted by molar-refractivity contribution is 9.09. The minimum absolute atomic E-state index is 0.000162. The third-order valence-corrected chi connectivity index (χ3v) is 1.60. The smallest absolute Gasteiger partial charge is 0.408 e. The van der Waals surface area contributed by atoms with Gasteiger partial charge < -0.3 is 10.1 Å². The summed E-state index contributed by atoms with van der Waals surface area (Å²) in [7, 11) is 0. The molecule has 1 N–H and O–H groups in total. The average molecular weight is 252 g/mol. The van der Waals surface area contributed by atoms with Gasteiger partial charge in [-0.05, 0) is 20.8 Å². The summed E-state index contributed by atoms with van der Waals surface area (Å²) in [4.78, 5) is 21.7. The predicted octanol–water partition coefficient (Wildman–Crippen LogP) is 1.48. The summed E-state index contributed by atoms with van der Waals surface area (Å²) in [6.45, 7) is 5.29. The Morgan fingerprint density at radius 2 is 1.92 bits per heavy atom. The first-order valence-corrected chi connectivity index (χ1v) is 5.02. The lowest BCUT2D eigenvalue weighted by Gasteiger charge is -2.19. The molecule has 0 fully saturated rings. The lowest BCUT2D eigenvalue weighted by molar-refractivity contribution is -0.115. The van der Waals surface area contributed by atoms with Gasteiger partial charge in [0.2, 0.25) is 0 Å². The monoisotopic (exact) mass is 251 g/mol. The number of halogens is 1. The summed E-state index contributed by atoms with van der Waals surface area (Å²) in [5.74, 6) is -0.0918. The van der Waals surface area contributed by atoms with E-state index in [0.717, 1.165) is 0 Å². The van der Waals surface area contributed by atoms with Crippen LogP contribution < -0.4 is 5.32 Å². The molecule has 1 amide bonds. The summed E-state index contributed by atoms with van der Waals surface area (Å²) in [5.41, 5.74) is -0.526. The van der Waals surface area contributed by atoms with Crippen LogP contribution in [-0.2, 0) is 9.53 Å². The first-order valence-electron chi connectivity index (χ1n) is 3.89. The molecule has 5 heteroatoms. The minimum atomic E-state index is -0.568. The summed E-state index contributed by atoms with van der Waals surface area (Å²) < 4.78 is 4.92. The standard InChI is InChI=1S/C8H14BrNO3/c1-8(2,3)13-7(12)10-5-6(11)4-9/h4-5H2,1-3H3,(H,10,12). The quantitative estimate of drug-likeness (QED) is 0.774. The van der Waals surface area contributed by atoms with Gasteiger partial charge in [-0.1, -0.05) is 15.9 Å². The number of alkyl carbamates (subject to hydrolysis) is 1. The zero-order valence-corrected chi connectivity index (χ0v) is 9.60. The van der Waals surface area contributed by atoms with Crippen molar-refractivity contribution in [3.05, 3.63) is 0 Å². The second-order valence-corrected chi connectivity index (χ2v) is 4.09. The van der Waals surface area contributed by atoms with Gasteiger partial charge in [0.1, 0.15) is 5.60 Å². The molecule has 0 aliphatic carbocycles. The normalized spacial score (nSPS) is 10.8. The Labute approximate surface area is 86.1 Å². The van der Waals surface area contributed by atoms with Crippen LogP contribution in [0.5, 0.6) is 0 Å². The molecular formula is C8H14BrNO3. The van der Waals surface area contributed by atoms with Gasteiger partial charge in [-0.25, -0.2) is 4.79 Å². The van der Waals surface area contributed by atoms with Crippen LogP contribution in [0.15, 0.2) is 0 Å².